The van der Waals surface area contributed by atoms with Crippen molar-refractivity contribution < 1.29 is 4.90 Å². The number of fused-ring (bicyclic) bond motifs is 1. The molecule has 0 aliphatic carbocycles. The maximum atomic E-state index is 4.61. The molecule has 1 aliphatic rings. The largest absolute Gasteiger partial charge is 0.337 e. The molecule has 16 heavy (non-hydrogen) atoms. The predicted octanol–water partition coefficient (Wildman–Crippen LogP) is 0.908. The molecule has 2 heterocycles. The van der Waals surface area contributed by atoms with Gasteiger partial charge in [0.2, 0.25) is 0 Å². The average molecular weight is 214 g/mol. The van der Waals surface area contributed by atoms with Gasteiger partial charge in [-0.2, -0.15) is 0 Å². The third-order valence-electron chi connectivity index (χ3n) is 3.09. The first-order valence-corrected chi connectivity index (χ1v) is 5.84. The summed E-state index contributed by atoms with van der Waals surface area (Å²) in [6.45, 7) is 3.34. The second-order valence-electron chi connectivity index (χ2n) is 4.34. The lowest BCUT2D eigenvalue weighted by Gasteiger charge is -2.18. The molecule has 0 saturated carbocycles. The number of para-hydroxylation sites is 2. The fourth-order valence-electron chi connectivity index (χ4n) is 2.24. The van der Waals surface area contributed by atoms with Crippen molar-refractivity contribution in [3.05, 3.63) is 42.2 Å². The first kappa shape index (κ1) is 9.60. The summed E-state index contributed by atoms with van der Waals surface area (Å²) >= 11 is 0. The van der Waals surface area contributed by atoms with Crippen LogP contribution < -0.4 is 4.90 Å². The van der Waals surface area contributed by atoms with Crippen molar-refractivity contribution in [1.82, 2.24) is 9.97 Å². The highest BCUT2D eigenvalue weighted by Gasteiger charge is 2.12. The lowest BCUT2D eigenvalue weighted by Crippen LogP contribution is -3.11. The topological polar surface area (TPSA) is 33.1 Å². The second kappa shape index (κ2) is 4.10. The number of nitrogens with one attached hydrogen (secondary N) is 2. The maximum absolute atomic E-state index is 4.61. The van der Waals surface area contributed by atoms with Gasteiger partial charge in [0.05, 0.1) is 24.1 Å². The molecular formula is C13H16N3+. The summed E-state index contributed by atoms with van der Waals surface area (Å²) in [6.07, 6.45) is 5.72. The third kappa shape index (κ3) is 1.86. The Bertz CT molecular complexity index is 480. The Morgan fingerprint density at radius 2 is 2.19 bits per heavy atom. The van der Waals surface area contributed by atoms with Crippen LogP contribution in [0.3, 0.4) is 0 Å². The fraction of sp³-hybridized carbons (Fsp3) is 0.308. The molecule has 1 unspecified atom stereocenters. The Morgan fingerprint density at radius 3 is 3.00 bits per heavy atom. The van der Waals surface area contributed by atoms with Crippen LogP contribution in [0.2, 0.25) is 0 Å². The lowest BCUT2D eigenvalue weighted by atomic mass is 10.2. The van der Waals surface area contributed by atoms with Gasteiger partial charge in [0.15, 0.2) is 5.82 Å². The molecule has 0 amide bonds. The SMILES string of the molecule is C1=CC[NH+](Cc2nc3ccccc3[nH]2)CC1. The van der Waals surface area contributed by atoms with Crippen LogP contribution in [0.5, 0.6) is 0 Å². The van der Waals surface area contributed by atoms with Crippen molar-refractivity contribution in [2.45, 2.75) is 13.0 Å². The summed E-state index contributed by atoms with van der Waals surface area (Å²) in [6, 6.07) is 8.21. The van der Waals surface area contributed by atoms with Crippen LogP contribution in [0.1, 0.15) is 12.2 Å². The van der Waals surface area contributed by atoms with E-state index in [0.717, 1.165) is 29.9 Å². The summed E-state index contributed by atoms with van der Waals surface area (Å²) < 4.78 is 0. The summed E-state index contributed by atoms with van der Waals surface area (Å²) in [5.74, 6) is 1.10. The van der Waals surface area contributed by atoms with Crippen LogP contribution in [0.25, 0.3) is 11.0 Å². The zero-order valence-electron chi connectivity index (χ0n) is 9.24. The highest BCUT2D eigenvalue weighted by molar-refractivity contribution is 5.74. The van der Waals surface area contributed by atoms with Crippen LogP contribution in [-0.2, 0) is 6.54 Å². The van der Waals surface area contributed by atoms with Crippen molar-refractivity contribution in [3.8, 4) is 0 Å². The molecule has 1 atom stereocenters. The van der Waals surface area contributed by atoms with E-state index in [2.05, 4.69) is 34.3 Å². The molecule has 0 fully saturated rings. The van der Waals surface area contributed by atoms with Gasteiger partial charge in [-0.3, -0.25) is 0 Å². The van der Waals surface area contributed by atoms with Crippen molar-refractivity contribution in [3.63, 3.8) is 0 Å². The van der Waals surface area contributed by atoms with Gasteiger partial charge in [-0.15, -0.1) is 0 Å². The third-order valence-corrected chi connectivity index (χ3v) is 3.09. The van der Waals surface area contributed by atoms with Gasteiger partial charge >= 0.3 is 0 Å². The molecule has 82 valence electrons. The molecule has 1 aliphatic heterocycles. The van der Waals surface area contributed by atoms with Crippen LogP contribution in [0, 0.1) is 0 Å². The van der Waals surface area contributed by atoms with Crippen molar-refractivity contribution >= 4 is 11.0 Å². The van der Waals surface area contributed by atoms with Gasteiger partial charge in [-0.05, 0) is 18.2 Å². The standard InChI is InChI=1S/C13H15N3/c1-4-8-16(9-5-1)10-13-14-11-6-2-3-7-12(11)15-13/h1-4,6-7H,5,8-10H2,(H,14,15)/p+1. The summed E-state index contributed by atoms with van der Waals surface area (Å²) in [4.78, 5) is 9.58. The number of H-pyrrole nitrogens is 1. The molecule has 0 saturated heterocycles. The lowest BCUT2D eigenvalue weighted by molar-refractivity contribution is -0.909. The zero-order valence-corrected chi connectivity index (χ0v) is 9.24. The minimum Gasteiger partial charge on any atom is -0.337 e. The Labute approximate surface area is 94.8 Å². The molecule has 1 aromatic carbocycles. The van der Waals surface area contributed by atoms with E-state index in [4.69, 9.17) is 0 Å². The van der Waals surface area contributed by atoms with E-state index in [-0.39, 0.29) is 0 Å². The molecular weight excluding hydrogens is 198 g/mol. The zero-order chi connectivity index (χ0) is 10.8. The van der Waals surface area contributed by atoms with E-state index >= 15 is 0 Å². The summed E-state index contributed by atoms with van der Waals surface area (Å²) in [5.41, 5.74) is 2.22. The number of aromatic amines is 1. The molecule has 1 aromatic heterocycles. The van der Waals surface area contributed by atoms with Gasteiger partial charge in [0.1, 0.15) is 6.54 Å². The summed E-state index contributed by atoms with van der Waals surface area (Å²) in [5, 5.41) is 0. The Hall–Kier alpha value is -1.61. The predicted molar refractivity (Wildman–Crippen MR) is 64.3 cm³/mol. The van der Waals surface area contributed by atoms with Crippen molar-refractivity contribution in [1.29, 1.82) is 0 Å². The average Bonchev–Trinajstić information content (AvgIpc) is 2.72. The molecule has 0 spiro atoms. The molecule has 2 aromatic rings. The molecule has 0 bridgehead atoms. The molecule has 3 heteroatoms. The quantitative estimate of drug-likeness (QED) is 0.716. The number of quaternary nitrogens is 1. The van der Waals surface area contributed by atoms with Crippen LogP contribution >= 0.6 is 0 Å². The van der Waals surface area contributed by atoms with E-state index in [1.165, 1.54) is 13.0 Å². The Balaban J connectivity index is 1.81. The van der Waals surface area contributed by atoms with E-state index in [9.17, 15) is 0 Å². The van der Waals surface area contributed by atoms with E-state index in [1.807, 2.05) is 12.1 Å². The Morgan fingerprint density at radius 1 is 1.25 bits per heavy atom. The first-order chi connectivity index (χ1) is 7.92. The highest BCUT2D eigenvalue weighted by atomic mass is 15.1. The molecule has 2 N–H and O–H groups in total. The van der Waals surface area contributed by atoms with Gasteiger partial charge in [-0.25, -0.2) is 4.98 Å². The van der Waals surface area contributed by atoms with Crippen LogP contribution in [-0.4, -0.2) is 23.1 Å². The van der Waals surface area contributed by atoms with Gasteiger partial charge in [0, 0.05) is 6.42 Å². The van der Waals surface area contributed by atoms with Gasteiger partial charge in [-0.1, -0.05) is 18.2 Å². The van der Waals surface area contributed by atoms with Gasteiger partial charge < -0.3 is 9.88 Å². The van der Waals surface area contributed by atoms with E-state index in [0.29, 0.717) is 0 Å². The maximum Gasteiger partial charge on any atom is 0.162 e. The number of benzene rings is 1. The smallest absolute Gasteiger partial charge is 0.162 e. The number of imidazole rings is 1. The van der Waals surface area contributed by atoms with Crippen molar-refractivity contribution in [2.24, 2.45) is 0 Å². The summed E-state index contributed by atoms with van der Waals surface area (Å²) in [7, 11) is 0. The number of rotatable bonds is 2. The van der Waals surface area contributed by atoms with E-state index in [1.54, 1.807) is 4.90 Å². The first-order valence-electron chi connectivity index (χ1n) is 5.84. The normalized spacial score (nSPS) is 20.4. The Kier molecular flexibility index (Phi) is 2.46. The van der Waals surface area contributed by atoms with Crippen molar-refractivity contribution in [2.75, 3.05) is 13.1 Å². The highest BCUT2D eigenvalue weighted by Crippen LogP contribution is 2.09. The molecule has 3 nitrogen and oxygen atoms in total. The minimum absolute atomic E-state index is 0.999. The number of nitrogens with zero attached hydrogens (tertiary/aromatic N) is 1. The fourth-order valence-corrected chi connectivity index (χ4v) is 2.24. The second-order valence-corrected chi connectivity index (χ2v) is 4.34. The van der Waals surface area contributed by atoms with Gasteiger partial charge in [0.25, 0.3) is 0 Å². The monoisotopic (exact) mass is 214 g/mol. The number of hydrogen-bond acceptors (Lipinski definition) is 1. The molecule has 0 radical (unpaired) electrons. The minimum atomic E-state index is 0.999. The number of hydrogen-bond donors (Lipinski definition) is 2. The van der Waals surface area contributed by atoms with Crippen LogP contribution in [0.4, 0.5) is 0 Å². The number of aromatic nitrogens is 2. The van der Waals surface area contributed by atoms with E-state index < -0.39 is 0 Å². The van der Waals surface area contributed by atoms with Crippen LogP contribution in [0.15, 0.2) is 36.4 Å². The molecule has 3 rings (SSSR count).